The van der Waals surface area contributed by atoms with E-state index in [4.69, 9.17) is 5.11 Å². The Balaban J connectivity index is 4.72. The highest BCUT2D eigenvalue weighted by atomic mass is 16.4. The van der Waals surface area contributed by atoms with Crippen LogP contribution in [0.15, 0.2) is 0 Å². The molecule has 0 aliphatic carbocycles. The van der Waals surface area contributed by atoms with Crippen molar-refractivity contribution in [3.63, 3.8) is 0 Å². The first kappa shape index (κ1) is 18.7. The lowest BCUT2D eigenvalue weighted by Gasteiger charge is -2.31. The van der Waals surface area contributed by atoms with Gasteiger partial charge in [-0.25, -0.2) is 4.79 Å². The van der Waals surface area contributed by atoms with E-state index in [9.17, 15) is 9.59 Å². The maximum atomic E-state index is 12.2. The highest BCUT2D eigenvalue weighted by molar-refractivity contribution is 5.76. The first-order valence-electron chi connectivity index (χ1n) is 7.19. The summed E-state index contributed by atoms with van der Waals surface area (Å²) < 4.78 is 0. The van der Waals surface area contributed by atoms with Crippen molar-refractivity contribution in [1.82, 2.24) is 10.2 Å². The number of nitrogens with zero attached hydrogens (tertiary/aromatic N) is 1. The maximum Gasteiger partial charge on any atom is 0.317 e. The minimum absolute atomic E-state index is 0.0321. The zero-order valence-corrected chi connectivity index (χ0v) is 13.9. The summed E-state index contributed by atoms with van der Waals surface area (Å²) in [6.07, 6.45) is 0.585. The number of rotatable bonds is 6. The van der Waals surface area contributed by atoms with Gasteiger partial charge in [-0.3, -0.25) is 4.79 Å². The second kappa shape index (κ2) is 7.50. The van der Waals surface area contributed by atoms with E-state index in [1.165, 1.54) is 0 Å². The Morgan fingerprint density at radius 2 is 1.70 bits per heavy atom. The van der Waals surface area contributed by atoms with Gasteiger partial charge in [-0.1, -0.05) is 34.6 Å². The molecule has 0 aromatic heterocycles. The maximum absolute atomic E-state index is 12.2. The van der Waals surface area contributed by atoms with Gasteiger partial charge in [0, 0.05) is 19.1 Å². The summed E-state index contributed by atoms with van der Waals surface area (Å²) in [7, 11) is 1.74. The van der Waals surface area contributed by atoms with Crippen molar-refractivity contribution in [1.29, 1.82) is 0 Å². The third-order valence-electron chi connectivity index (χ3n) is 3.50. The highest BCUT2D eigenvalue weighted by Crippen LogP contribution is 2.22. The molecule has 0 heterocycles. The van der Waals surface area contributed by atoms with E-state index in [1.807, 2.05) is 27.7 Å². The Kier molecular flexibility index (Phi) is 7.03. The summed E-state index contributed by atoms with van der Waals surface area (Å²) in [5, 5.41) is 11.8. The van der Waals surface area contributed by atoms with Gasteiger partial charge in [-0.15, -0.1) is 0 Å². The van der Waals surface area contributed by atoms with Gasteiger partial charge in [-0.2, -0.15) is 0 Å². The lowest BCUT2D eigenvalue weighted by Crippen LogP contribution is -2.49. The molecule has 118 valence electrons. The van der Waals surface area contributed by atoms with Gasteiger partial charge >= 0.3 is 12.0 Å². The van der Waals surface area contributed by atoms with Crippen molar-refractivity contribution in [3.8, 4) is 0 Å². The Labute approximate surface area is 122 Å². The van der Waals surface area contributed by atoms with Crippen molar-refractivity contribution in [3.05, 3.63) is 0 Å². The SMILES string of the molecule is CC(C)C(C)N(C)C(=O)NC(CC(=O)O)CC(C)(C)C. The smallest absolute Gasteiger partial charge is 0.317 e. The van der Waals surface area contributed by atoms with E-state index < -0.39 is 5.97 Å². The Hall–Kier alpha value is -1.26. The average Bonchev–Trinajstić information content (AvgIpc) is 2.23. The van der Waals surface area contributed by atoms with Gasteiger partial charge in [0.2, 0.25) is 0 Å². The molecule has 0 spiro atoms. The molecule has 0 fully saturated rings. The van der Waals surface area contributed by atoms with Gasteiger partial charge in [0.15, 0.2) is 0 Å². The first-order valence-corrected chi connectivity index (χ1v) is 7.19. The molecule has 5 heteroatoms. The number of carbonyl (C=O) groups is 2. The molecule has 0 aliphatic rings. The zero-order chi connectivity index (χ0) is 16.1. The summed E-state index contributed by atoms with van der Waals surface area (Å²) >= 11 is 0. The number of hydrogen-bond donors (Lipinski definition) is 2. The van der Waals surface area contributed by atoms with E-state index in [0.717, 1.165) is 0 Å². The minimum Gasteiger partial charge on any atom is -0.481 e. The summed E-state index contributed by atoms with van der Waals surface area (Å²) in [4.78, 5) is 24.8. The fraction of sp³-hybridized carbons (Fsp3) is 0.867. The van der Waals surface area contributed by atoms with Gasteiger partial charge in [0.05, 0.1) is 6.42 Å². The fourth-order valence-electron chi connectivity index (χ4n) is 2.03. The fourth-order valence-corrected chi connectivity index (χ4v) is 2.03. The molecular formula is C15H30N2O3. The molecule has 0 saturated carbocycles. The lowest BCUT2D eigenvalue weighted by molar-refractivity contribution is -0.137. The molecule has 0 aromatic rings. The normalized spacial score (nSPS) is 14.8. The van der Waals surface area contributed by atoms with Crippen molar-refractivity contribution >= 4 is 12.0 Å². The predicted molar refractivity (Wildman–Crippen MR) is 80.7 cm³/mol. The number of carboxylic acids is 1. The molecule has 0 aliphatic heterocycles. The Bertz CT molecular complexity index is 335. The van der Waals surface area contributed by atoms with E-state index in [2.05, 4.69) is 19.2 Å². The van der Waals surface area contributed by atoms with Gasteiger partial charge in [0.25, 0.3) is 0 Å². The van der Waals surface area contributed by atoms with Crippen molar-refractivity contribution in [2.75, 3.05) is 7.05 Å². The van der Waals surface area contributed by atoms with Crippen LogP contribution in [-0.4, -0.2) is 41.1 Å². The highest BCUT2D eigenvalue weighted by Gasteiger charge is 2.25. The monoisotopic (exact) mass is 286 g/mol. The van der Waals surface area contributed by atoms with Crippen LogP contribution >= 0.6 is 0 Å². The first-order chi connectivity index (χ1) is 8.94. The second-order valence-corrected chi connectivity index (χ2v) is 7.10. The Morgan fingerprint density at radius 3 is 2.05 bits per heavy atom. The van der Waals surface area contributed by atoms with E-state index in [-0.39, 0.29) is 30.0 Å². The number of carboxylic acid groups (broad SMARTS) is 1. The van der Waals surface area contributed by atoms with Crippen LogP contribution in [0.3, 0.4) is 0 Å². The number of nitrogens with one attached hydrogen (secondary N) is 1. The third kappa shape index (κ3) is 7.36. The van der Waals surface area contributed by atoms with Crippen LogP contribution in [-0.2, 0) is 4.79 Å². The van der Waals surface area contributed by atoms with Gasteiger partial charge in [0.1, 0.15) is 0 Å². The van der Waals surface area contributed by atoms with Crippen LogP contribution < -0.4 is 5.32 Å². The zero-order valence-electron chi connectivity index (χ0n) is 13.9. The lowest BCUT2D eigenvalue weighted by atomic mass is 9.87. The summed E-state index contributed by atoms with van der Waals surface area (Å²) in [6.45, 7) is 12.2. The van der Waals surface area contributed by atoms with Crippen molar-refractivity contribution in [2.24, 2.45) is 11.3 Å². The molecule has 0 rings (SSSR count). The molecule has 2 amide bonds. The molecule has 2 N–H and O–H groups in total. The number of carbonyl (C=O) groups excluding carboxylic acids is 1. The van der Waals surface area contributed by atoms with E-state index >= 15 is 0 Å². The predicted octanol–water partition coefficient (Wildman–Crippen LogP) is 2.95. The van der Waals surface area contributed by atoms with Crippen molar-refractivity contribution < 1.29 is 14.7 Å². The molecule has 0 radical (unpaired) electrons. The number of aliphatic carboxylic acids is 1. The third-order valence-corrected chi connectivity index (χ3v) is 3.50. The number of amides is 2. The van der Waals surface area contributed by atoms with Crippen LogP contribution in [0.1, 0.15) is 54.4 Å². The quantitative estimate of drug-likeness (QED) is 0.788. The molecule has 5 nitrogen and oxygen atoms in total. The summed E-state index contributed by atoms with van der Waals surface area (Å²) in [5.74, 6) is -0.537. The molecule has 2 unspecified atom stereocenters. The molecule has 0 aromatic carbocycles. The van der Waals surface area contributed by atoms with Gasteiger partial charge < -0.3 is 15.3 Å². The van der Waals surface area contributed by atoms with Crippen LogP contribution in [0.5, 0.6) is 0 Å². The largest absolute Gasteiger partial charge is 0.481 e. The summed E-state index contributed by atoms with van der Waals surface area (Å²) in [6, 6.07) is -0.446. The van der Waals surface area contributed by atoms with E-state index in [1.54, 1.807) is 11.9 Å². The number of urea groups is 1. The molecule has 2 atom stereocenters. The van der Waals surface area contributed by atoms with E-state index in [0.29, 0.717) is 12.3 Å². The molecule has 0 saturated heterocycles. The minimum atomic E-state index is -0.890. The van der Waals surface area contributed by atoms with Crippen LogP contribution in [0.2, 0.25) is 0 Å². The average molecular weight is 286 g/mol. The van der Waals surface area contributed by atoms with Crippen LogP contribution in [0, 0.1) is 11.3 Å². The standard InChI is InChI=1S/C15H30N2O3/c1-10(2)11(3)17(7)14(20)16-12(8-13(18)19)9-15(4,5)6/h10-12H,8-9H2,1-7H3,(H,16,20)(H,18,19). The second-order valence-electron chi connectivity index (χ2n) is 7.10. The van der Waals surface area contributed by atoms with Crippen LogP contribution in [0.4, 0.5) is 4.79 Å². The summed E-state index contributed by atoms with van der Waals surface area (Å²) in [5.41, 5.74) is -0.0321. The number of hydrogen-bond acceptors (Lipinski definition) is 2. The Morgan fingerprint density at radius 1 is 1.20 bits per heavy atom. The topological polar surface area (TPSA) is 69.6 Å². The molecular weight excluding hydrogens is 256 g/mol. The van der Waals surface area contributed by atoms with Crippen LogP contribution in [0.25, 0.3) is 0 Å². The van der Waals surface area contributed by atoms with Crippen molar-refractivity contribution in [2.45, 2.75) is 66.5 Å². The van der Waals surface area contributed by atoms with Gasteiger partial charge in [-0.05, 0) is 24.7 Å². The molecule has 0 bridgehead atoms. The molecule has 20 heavy (non-hydrogen) atoms.